The van der Waals surface area contributed by atoms with Crippen LogP contribution in [-0.2, 0) is 14.3 Å². The molecule has 2 amide bonds. The van der Waals surface area contributed by atoms with Crippen molar-refractivity contribution in [3.63, 3.8) is 0 Å². The van der Waals surface area contributed by atoms with Gasteiger partial charge >= 0.3 is 0 Å². The van der Waals surface area contributed by atoms with Crippen LogP contribution in [0.15, 0.2) is 0 Å². The highest BCUT2D eigenvalue weighted by Crippen LogP contribution is 1.91. The molecule has 0 rings (SSSR count). The Bertz CT molecular complexity index is 227. The second-order valence-electron chi connectivity index (χ2n) is 3.88. The van der Waals surface area contributed by atoms with E-state index in [2.05, 4.69) is 5.32 Å². The minimum Gasteiger partial charge on any atom is -0.369 e. The van der Waals surface area contributed by atoms with Gasteiger partial charge < -0.3 is 15.0 Å². The molecule has 0 spiro atoms. The zero-order chi connectivity index (χ0) is 12.0. The summed E-state index contributed by atoms with van der Waals surface area (Å²) in [5, 5.41) is 2.56. The summed E-state index contributed by atoms with van der Waals surface area (Å²) < 4.78 is 5.11. The first kappa shape index (κ1) is 13.9. The molecule has 88 valence electrons. The first-order valence-electron chi connectivity index (χ1n) is 4.96. The topological polar surface area (TPSA) is 58.6 Å². The second kappa shape index (κ2) is 6.40. The monoisotopic (exact) mass is 216 g/mol. The second-order valence-corrected chi connectivity index (χ2v) is 3.88. The first-order valence-corrected chi connectivity index (χ1v) is 4.96. The van der Waals surface area contributed by atoms with Gasteiger partial charge in [-0.15, -0.1) is 0 Å². The Morgan fingerprint density at radius 1 is 1.27 bits per heavy atom. The molecule has 0 heterocycles. The minimum atomic E-state index is -0.511. The molecule has 0 saturated heterocycles. The summed E-state index contributed by atoms with van der Waals surface area (Å²) in [6.07, 6.45) is 0.00982. The maximum atomic E-state index is 11.4. The third-order valence-electron chi connectivity index (χ3n) is 1.74. The summed E-state index contributed by atoms with van der Waals surface area (Å²) in [6, 6.07) is -0.511. The lowest BCUT2D eigenvalue weighted by Crippen LogP contribution is -2.45. The van der Waals surface area contributed by atoms with E-state index in [1.807, 2.05) is 13.8 Å². The number of amides is 2. The highest BCUT2D eigenvalue weighted by Gasteiger charge is 2.16. The molecule has 5 heteroatoms. The molecule has 1 atom stereocenters. The maximum Gasteiger partial charge on any atom is 0.246 e. The lowest BCUT2D eigenvalue weighted by atomic mass is 10.3. The largest absolute Gasteiger partial charge is 0.369 e. The average molecular weight is 216 g/mol. The SMILES string of the molecule is CC(C)OCC(=O)NC(C)C(=O)N(C)C. The smallest absolute Gasteiger partial charge is 0.246 e. The zero-order valence-corrected chi connectivity index (χ0v) is 10.0. The number of likely N-dealkylation sites (N-methyl/N-ethyl adjacent to an activating group) is 1. The van der Waals surface area contributed by atoms with Crippen molar-refractivity contribution in [3.8, 4) is 0 Å². The van der Waals surface area contributed by atoms with Crippen molar-refractivity contribution >= 4 is 11.8 Å². The molecule has 0 saturated carbocycles. The van der Waals surface area contributed by atoms with E-state index >= 15 is 0 Å². The van der Waals surface area contributed by atoms with Crippen LogP contribution in [0, 0.1) is 0 Å². The fraction of sp³-hybridized carbons (Fsp3) is 0.800. The Morgan fingerprint density at radius 2 is 1.80 bits per heavy atom. The van der Waals surface area contributed by atoms with E-state index in [1.54, 1.807) is 21.0 Å². The van der Waals surface area contributed by atoms with Gasteiger partial charge in [0.2, 0.25) is 11.8 Å². The fourth-order valence-electron chi connectivity index (χ4n) is 0.975. The van der Waals surface area contributed by atoms with E-state index < -0.39 is 6.04 Å². The van der Waals surface area contributed by atoms with Crippen LogP contribution >= 0.6 is 0 Å². The van der Waals surface area contributed by atoms with E-state index in [4.69, 9.17) is 4.74 Å². The molecule has 0 aliphatic carbocycles. The molecule has 1 unspecified atom stereocenters. The Balaban J connectivity index is 3.91. The summed E-state index contributed by atoms with van der Waals surface area (Å²) in [4.78, 5) is 24.1. The van der Waals surface area contributed by atoms with E-state index in [9.17, 15) is 9.59 Å². The molecular weight excluding hydrogens is 196 g/mol. The molecule has 0 aliphatic rings. The van der Waals surface area contributed by atoms with Crippen molar-refractivity contribution in [2.24, 2.45) is 0 Å². The number of carbonyl (C=O) groups is 2. The molecule has 0 aromatic heterocycles. The van der Waals surface area contributed by atoms with E-state index in [0.29, 0.717) is 0 Å². The van der Waals surface area contributed by atoms with E-state index in [-0.39, 0.29) is 24.5 Å². The molecule has 0 aliphatic heterocycles. The minimum absolute atomic E-state index is 0.00982. The van der Waals surface area contributed by atoms with Crippen molar-refractivity contribution in [2.75, 3.05) is 20.7 Å². The van der Waals surface area contributed by atoms with E-state index in [1.165, 1.54) is 4.90 Å². The quantitative estimate of drug-likeness (QED) is 0.704. The molecule has 0 aromatic carbocycles. The predicted molar refractivity (Wildman–Crippen MR) is 57.4 cm³/mol. The van der Waals surface area contributed by atoms with Gasteiger partial charge in [0.15, 0.2) is 0 Å². The normalized spacial score (nSPS) is 12.4. The first-order chi connectivity index (χ1) is 6.84. The van der Waals surface area contributed by atoms with Gasteiger partial charge in [-0.1, -0.05) is 0 Å². The number of nitrogens with one attached hydrogen (secondary N) is 1. The van der Waals surface area contributed by atoms with Crippen molar-refractivity contribution in [1.29, 1.82) is 0 Å². The van der Waals surface area contributed by atoms with Crippen molar-refractivity contribution in [1.82, 2.24) is 10.2 Å². The van der Waals surface area contributed by atoms with Gasteiger partial charge in [0.25, 0.3) is 0 Å². The lowest BCUT2D eigenvalue weighted by molar-refractivity contribution is -0.135. The summed E-state index contributed by atoms with van der Waals surface area (Å²) in [7, 11) is 3.30. The number of ether oxygens (including phenoxy) is 1. The lowest BCUT2D eigenvalue weighted by Gasteiger charge is -2.18. The summed E-state index contributed by atoms with van der Waals surface area (Å²) in [5.41, 5.74) is 0. The Morgan fingerprint density at radius 3 is 2.20 bits per heavy atom. The molecule has 5 nitrogen and oxygen atoms in total. The molecule has 0 fully saturated rings. The molecule has 1 N–H and O–H groups in total. The summed E-state index contributed by atoms with van der Waals surface area (Å²) in [6.45, 7) is 5.34. The van der Waals surface area contributed by atoms with E-state index in [0.717, 1.165) is 0 Å². The zero-order valence-electron chi connectivity index (χ0n) is 10.0. The molecule has 15 heavy (non-hydrogen) atoms. The van der Waals surface area contributed by atoms with Gasteiger partial charge in [0.05, 0.1) is 6.10 Å². The Labute approximate surface area is 90.8 Å². The van der Waals surface area contributed by atoms with Crippen LogP contribution in [0.1, 0.15) is 20.8 Å². The molecule has 0 radical (unpaired) electrons. The van der Waals surface area contributed by atoms with Crippen LogP contribution in [0.3, 0.4) is 0 Å². The molecule has 0 aromatic rings. The standard InChI is InChI=1S/C10H20N2O3/c1-7(2)15-6-9(13)11-8(3)10(14)12(4)5/h7-8H,6H2,1-5H3,(H,11,13). The third kappa shape index (κ3) is 6.06. The van der Waals surface area contributed by atoms with Crippen LogP contribution in [0.5, 0.6) is 0 Å². The van der Waals surface area contributed by atoms with Gasteiger partial charge in [-0.2, -0.15) is 0 Å². The molecule has 0 bridgehead atoms. The van der Waals surface area contributed by atoms with Gasteiger partial charge in [-0.3, -0.25) is 9.59 Å². The summed E-state index contributed by atoms with van der Waals surface area (Å²) in [5.74, 6) is -0.403. The highest BCUT2D eigenvalue weighted by atomic mass is 16.5. The van der Waals surface area contributed by atoms with Gasteiger partial charge in [0.1, 0.15) is 12.6 Å². The Kier molecular flexibility index (Phi) is 5.93. The third-order valence-corrected chi connectivity index (χ3v) is 1.74. The van der Waals surface area contributed by atoms with Crippen molar-refractivity contribution in [3.05, 3.63) is 0 Å². The Hall–Kier alpha value is -1.10. The van der Waals surface area contributed by atoms with Crippen LogP contribution in [0.4, 0.5) is 0 Å². The van der Waals surface area contributed by atoms with Crippen LogP contribution < -0.4 is 5.32 Å². The highest BCUT2D eigenvalue weighted by molar-refractivity contribution is 5.87. The predicted octanol–water partition coefficient (Wildman–Crippen LogP) is 0.00430. The number of carbonyl (C=O) groups excluding carboxylic acids is 2. The van der Waals surface area contributed by atoms with Crippen LogP contribution in [0.25, 0.3) is 0 Å². The number of nitrogens with zero attached hydrogens (tertiary/aromatic N) is 1. The van der Waals surface area contributed by atoms with Crippen LogP contribution in [-0.4, -0.2) is 49.6 Å². The maximum absolute atomic E-state index is 11.4. The molecular formula is C10H20N2O3. The van der Waals surface area contributed by atoms with Crippen LogP contribution in [0.2, 0.25) is 0 Å². The fourth-order valence-corrected chi connectivity index (χ4v) is 0.975. The van der Waals surface area contributed by atoms with Gasteiger partial charge in [-0.25, -0.2) is 0 Å². The number of hydrogen-bond acceptors (Lipinski definition) is 3. The number of rotatable bonds is 5. The van der Waals surface area contributed by atoms with Crippen molar-refractivity contribution < 1.29 is 14.3 Å². The number of hydrogen-bond donors (Lipinski definition) is 1. The van der Waals surface area contributed by atoms with Gasteiger partial charge in [0, 0.05) is 14.1 Å². The van der Waals surface area contributed by atoms with Gasteiger partial charge in [-0.05, 0) is 20.8 Å². The van der Waals surface area contributed by atoms with Crippen molar-refractivity contribution in [2.45, 2.75) is 32.9 Å². The average Bonchev–Trinajstić information content (AvgIpc) is 2.13. The summed E-state index contributed by atoms with van der Waals surface area (Å²) >= 11 is 0.